The summed E-state index contributed by atoms with van der Waals surface area (Å²) < 4.78 is 16.4. The Balaban J connectivity index is 1.40. The molecule has 1 heterocycles. The van der Waals surface area contributed by atoms with Gasteiger partial charge in [0.2, 0.25) is 5.88 Å². The Morgan fingerprint density at radius 1 is 0.968 bits per heavy atom. The number of carbonyl (C=O) groups is 1. The number of amides is 1. The largest absolute Gasteiger partial charge is 0.497 e. The van der Waals surface area contributed by atoms with Crippen LogP contribution in [0.3, 0.4) is 0 Å². The molecule has 7 nitrogen and oxygen atoms in total. The maximum atomic E-state index is 12.0. The van der Waals surface area contributed by atoms with Crippen LogP contribution < -0.4 is 19.5 Å². The second-order valence-corrected chi connectivity index (χ2v) is 7.16. The second kappa shape index (κ2) is 11.0. The van der Waals surface area contributed by atoms with Crippen molar-refractivity contribution in [2.45, 2.75) is 19.8 Å². The summed E-state index contributed by atoms with van der Waals surface area (Å²) in [7, 11) is 1.63. The van der Waals surface area contributed by atoms with E-state index in [0.717, 1.165) is 28.3 Å². The Morgan fingerprint density at radius 3 is 2.42 bits per heavy atom. The monoisotopic (exact) mass is 421 g/mol. The summed E-state index contributed by atoms with van der Waals surface area (Å²) in [6.45, 7) is 4.76. The van der Waals surface area contributed by atoms with Gasteiger partial charge in [0, 0.05) is 11.6 Å². The molecule has 31 heavy (non-hydrogen) atoms. The highest BCUT2D eigenvalue weighted by Crippen LogP contribution is 2.25. The lowest BCUT2D eigenvalue weighted by molar-refractivity contribution is -0.123. The number of hydrogen-bond acceptors (Lipinski definition) is 6. The molecule has 1 amide bonds. The van der Waals surface area contributed by atoms with Crippen LogP contribution >= 0.6 is 0 Å². The first-order valence-corrected chi connectivity index (χ1v) is 10.2. The van der Waals surface area contributed by atoms with E-state index in [1.807, 2.05) is 54.6 Å². The van der Waals surface area contributed by atoms with Gasteiger partial charge in [-0.1, -0.05) is 32.0 Å². The molecule has 162 valence electrons. The molecule has 0 saturated carbocycles. The second-order valence-electron chi connectivity index (χ2n) is 7.16. The number of para-hydroxylation sites is 1. The molecule has 0 aliphatic heterocycles. The number of benzene rings is 2. The van der Waals surface area contributed by atoms with Crippen LogP contribution in [0, 0.1) is 0 Å². The predicted octanol–water partition coefficient (Wildman–Crippen LogP) is 3.85. The Bertz CT molecular complexity index is 973. The molecule has 0 fully saturated rings. The molecule has 1 aromatic heterocycles. The van der Waals surface area contributed by atoms with Crippen LogP contribution in [-0.2, 0) is 4.79 Å². The summed E-state index contributed by atoms with van der Waals surface area (Å²) >= 11 is 0. The van der Waals surface area contributed by atoms with Crippen molar-refractivity contribution >= 4 is 5.91 Å². The van der Waals surface area contributed by atoms with Crippen LogP contribution in [0.5, 0.6) is 17.4 Å². The van der Waals surface area contributed by atoms with Gasteiger partial charge in [0.15, 0.2) is 6.61 Å². The molecule has 0 aliphatic rings. The third-order valence-electron chi connectivity index (χ3n) is 4.60. The maximum Gasteiger partial charge on any atom is 0.258 e. The van der Waals surface area contributed by atoms with E-state index in [2.05, 4.69) is 29.4 Å². The third-order valence-corrected chi connectivity index (χ3v) is 4.60. The van der Waals surface area contributed by atoms with Crippen LogP contribution in [0.2, 0.25) is 0 Å². The summed E-state index contributed by atoms with van der Waals surface area (Å²) in [5.74, 6) is 2.03. The van der Waals surface area contributed by atoms with Gasteiger partial charge in [-0.05, 0) is 47.9 Å². The predicted molar refractivity (Wildman–Crippen MR) is 119 cm³/mol. The Labute approximate surface area is 182 Å². The average Bonchev–Trinajstić information content (AvgIpc) is 2.81. The third kappa shape index (κ3) is 6.44. The molecule has 0 atom stereocenters. The Morgan fingerprint density at radius 2 is 1.74 bits per heavy atom. The van der Waals surface area contributed by atoms with Gasteiger partial charge in [-0.15, -0.1) is 10.2 Å². The van der Waals surface area contributed by atoms with Crippen molar-refractivity contribution < 1.29 is 19.0 Å². The molecule has 3 rings (SSSR count). The van der Waals surface area contributed by atoms with Crippen LogP contribution in [0.4, 0.5) is 0 Å². The molecular weight excluding hydrogens is 394 g/mol. The van der Waals surface area contributed by atoms with E-state index < -0.39 is 0 Å². The first-order chi connectivity index (χ1) is 15.1. The van der Waals surface area contributed by atoms with Gasteiger partial charge in [0.05, 0.1) is 19.3 Å². The van der Waals surface area contributed by atoms with Gasteiger partial charge >= 0.3 is 0 Å². The number of ether oxygens (including phenoxy) is 3. The number of nitrogens with one attached hydrogen (secondary N) is 1. The number of aromatic nitrogens is 2. The fraction of sp³-hybridized carbons (Fsp3) is 0.292. The molecule has 7 heteroatoms. The van der Waals surface area contributed by atoms with E-state index in [0.29, 0.717) is 18.3 Å². The Hall–Kier alpha value is -3.61. The van der Waals surface area contributed by atoms with Gasteiger partial charge in [-0.2, -0.15) is 0 Å². The summed E-state index contributed by atoms with van der Waals surface area (Å²) in [6, 6.07) is 18.9. The minimum Gasteiger partial charge on any atom is -0.497 e. The fourth-order valence-electron chi connectivity index (χ4n) is 2.94. The van der Waals surface area contributed by atoms with Crippen molar-refractivity contribution in [3.63, 3.8) is 0 Å². The molecule has 0 spiro atoms. The molecule has 3 aromatic rings. The lowest BCUT2D eigenvalue weighted by atomic mass is 10.0. The quantitative estimate of drug-likeness (QED) is 0.501. The fourth-order valence-corrected chi connectivity index (χ4v) is 2.94. The topological polar surface area (TPSA) is 82.6 Å². The van der Waals surface area contributed by atoms with Crippen LogP contribution in [-0.4, -0.2) is 43.0 Å². The minimum atomic E-state index is -0.205. The van der Waals surface area contributed by atoms with Gasteiger partial charge in [0.1, 0.15) is 18.1 Å². The van der Waals surface area contributed by atoms with Gasteiger partial charge in [-0.3, -0.25) is 4.79 Å². The zero-order valence-electron chi connectivity index (χ0n) is 18.0. The number of nitrogens with zero attached hydrogens (tertiary/aromatic N) is 2. The summed E-state index contributed by atoms with van der Waals surface area (Å²) in [5, 5.41) is 11.0. The van der Waals surface area contributed by atoms with Crippen LogP contribution in [0.25, 0.3) is 11.3 Å². The maximum absolute atomic E-state index is 12.0. The van der Waals surface area contributed by atoms with Crippen molar-refractivity contribution in [3.05, 3.63) is 66.2 Å². The van der Waals surface area contributed by atoms with Crippen molar-refractivity contribution in [2.75, 3.05) is 26.9 Å². The normalized spacial score (nSPS) is 10.6. The highest BCUT2D eigenvalue weighted by molar-refractivity contribution is 5.77. The van der Waals surface area contributed by atoms with Gasteiger partial charge in [-0.25, -0.2) is 0 Å². The number of carbonyl (C=O) groups excluding carboxylic acids is 1. The van der Waals surface area contributed by atoms with Crippen molar-refractivity contribution in [1.82, 2.24) is 15.5 Å². The van der Waals surface area contributed by atoms with Crippen LogP contribution in [0.1, 0.15) is 25.3 Å². The van der Waals surface area contributed by atoms with E-state index in [1.54, 1.807) is 13.2 Å². The van der Waals surface area contributed by atoms with Crippen molar-refractivity contribution in [3.8, 4) is 28.6 Å². The molecule has 0 bridgehead atoms. The molecule has 1 N–H and O–H groups in total. The van der Waals surface area contributed by atoms with Gasteiger partial charge in [0.25, 0.3) is 5.91 Å². The smallest absolute Gasteiger partial charge is 0.258 e. The zero-order chi connectivity index (χ0) is 22.1. The highest BCUT2D eigenvalue weighted by Gasteiger charge is 2.09. The van der Waals surface area contributed by atoms with Crippen molar-refractivity contribution in [2.24, 2.45) is 0 Å². The molecule has 0 unspecified atom stereocenters. The van der Waals surface area contributed by atoms with E-state index in [1.165, 1.54) is 0 Å². The standard InChI is InChI=1S/C24H27N3O4/c1-17(2)20-6-4-5-7-22(20)31-16-23(28)25-14-15-30-24-13-12-21(26-27-24)18-8-10-19(29-3)11-9-18/h4-13,17H,14-16H2,1-3H3,(H,25,28). The SMILES string of the molecule is COc1ccc(-c2ccc(OCCNC(=O)COc3ccccc3C(C)C)nn2)cc1. The number of methoxy groups -OCH3 is 1. The lowest BCUT2D eigenvalue weighted by Crippen LogP contribution is -2.32. The molecular formula is C24H27N3O4. The molecule has 0 radical (unpaired) electrons. The zero-order valence-corrected chi connectivity index (χ0v) is 18.0. The lowest BCUT2D eigenvalue weighted by Gasteiger charge is -2.13. The molecule has 0 saturated heterocycles. The highest BCUT2D eigenvalue weighted by atomic mass is 16.5. The average molecular weight is 421 g/mol. The molecule has 2 aromatic carbocycles. The van der Waals surface area contributed by atoms with E-state index in [9.17, 15) is 4.79 Å². The van der Waals surface area contributed by atoms with Crippen LogP contribution in [0.15, 0.2) is 60.7 Å². The van der Waals surface area contributed by atoms with E-state index in [4.69, 9.17) is 14.2 Å². The summed E-state index contributed by atoms with van der Waals surface area (Å²) in [6.07, 6.45) is 0. The molecule has 0 aliphatic carbocycles. The number of rotatable bonds is 10. The van der Waals surface area contributed by atoms with E-state index >= 15 is 0 Å². The minimum absolute atomic E-state index is 0.0416. The summed E-state index contributed by atoms with van der Waals surface area (Å²) in [5.41, 5.74) is 2.75. The summed E-state index contributed by atoms with van der Waals surface area (Å²) in [4.78, 5) is 12.0. The number of hydrogen-bond donors (Lipinski definition) is 1. The van der Waals surface area contributed by atoms with Gasteiger partial charge < -0.3 is 19.5 Å². The first-order valence-electron chi connectivity index (χ1n) is 10.2. The first kappa shape index (κ1) is 22.1. The Kier molecular flexibility index (Phi) is 7.81. The van der Waals surface area contributed by atoms with Crippen molar-refractivity contribution in [1.29, 1.82) is 0 Å². The van der Waals surface area contributed by atoms with E-state index in [-0.39, 0.29) is 19.1 Å².